The second-order valence-corrected chi connectivity index (χ2v) is 8.14. The number of hydrogen-bond acceptors (Lipinski definition) is 6. The van der Waals surface area contributed by atoms with E-state index < -0.39 is 0 Å². The zero-order valence-corrected chi connectivity index (χ0v) is 17.1. The summed E-state index contributed by atoms with van der Waals surface area (Å²) in [7, 11) is 1.67. The van der Waals surface area contributed by atoms with Crippen molar-refractivity contribution in [2.24, 2.45) is 5.92 Å². The molecule has 1 N–H and O–H groups in total. The first-order valence-corrected chi connectivity index (χ1v) is 10.7. The normalized spacial score (nSPS) is 15.1. The average molecular weight is 398 g/mol. The topological polar surface area (TPSA) is 46.6 Å². The molecule has 1 fully saturated rings. The molecule has 0 atom stereocenters. The summed E-state index contributed by atoms with van der Waals surface area (Å²) >= 11 is 1.80. The standard InChI is InChI=1S/C22H27N3O2S/c1-26-18-5-4-6-19(15-18)27-14-11-23-16-17-9-12-25(13-10-17)22-24-20-7-2-3-8-21(20)28-22/h2-8,15,17,23H,9-14,16H2,1H3. The number of thiazole rings is 1. The molecule has 0 amide bonds. The molecule has 6 heteroatoms. The number of rotatable bonds is 8. The van der Waals surface area contributed by atoms with Crippen LogP contribution in [0.5, 0.6) is 11.5 Å². The Labute approximate surface area is 170 Å². The van der Waals surface area contributed by atoms with Crippen LogP contribution >= 0.6 is 11.3 Å². The van der Waals surface area contributed by atoms with Gasteiger partial charge in [-0.1, -0.05) is 29.5 Å². The molecule has 1 aliphatic rings. The van der Waals surface area contributed by atoms with Crippen LogP contribution in [-0.2, 0) is 0 Å². The first-order chi connectivity index (χ1) is 13.8. The van der Waals surface area contributed by atoms with Gasteiger partial charge >= 0.3 is 0 Å². The number of para-hydroxylation sites is 1. The Morgan fingerprint density at radius 2 is 1.93 bits per heavy atom. The summed E-state index contributed by atoms with van der Waals surface area (Å²) in [5.74, 6) is 2.40. The first kappa shape index (κ1) is 19.0. The largest absolute Gasteiger partial charge is 0.497 e. The van der Waals surface area contributed by atoms with Gasteiger partial charge in [0.05, 0.1) is 17.3 Å². The van der Waals surface area contributed by atoms with Crippen LogP contribution in [0.25, 0.3) is 10.2 Å². The van der Waals surface area contributed by atoms with Gasteiger partial charge in [0.1, 0.15) is 18.1 Å². The van der Waals surface area contributed by atoms with Crippen molar-refractivity contribution < 1.29 is 9.47 Å². The van der Waals surface area contributed by atoms with Crippen molar-refractivity contribution in [3.8, 4) is 11.5 Å². The summed E-state index contributed by atoms with van der Waals surface area (Å²) in [5.41, 5.74) is 1.11. The van der Waals surface area contributed by atoms with E-state index in [4.69, 9.17) is 14.5 Å². The summed E-state index contributed by atoms with van der Waals surface area (Å²) in [6.07, 6.45) is 2.42. The lowest BCUT2D eigenvalue weighted by Gasteiger charge is -2.31. The van der Waals surface area contributed by atoms with Crippen molar-refractivity contribution >= 4 is 26.7 Å². The highest BCUT2D eigenvalue weighted by molar-refractivity contribution is 7.22. The fraction of sp³-hybridized carbons (Fsp3) is 0.409. The van der Waals surface area contributed by atoms with Crippen molar-refractivity contribution in [3.63, 3.8) is 0 Å². The number of hydrogen-bond donors (Lipinski definition) is 1. The third-order valence-corrected chi connectivity index (χ3v) is 6.29. The highest BCUT2D eigenvalue weighted by atomic mass is 32.1. The molecule has 5 nitrogen and oxygen atoms in total. The van der Waals surface area contributed by atoms with E-state index in [1.165, 1.54) is 22.7 Å². The van der Waals surface area contributed by atoms with E-state index >= 15 is 0 Å². The molecule has 28 heavy (non-hydrogen) atoms. The molecule has 0 bridgehead atoms. The van der Waals surface area contributed by atoms with E-state index in [2.05, 4.69) is 34.5 Å². The lowest BCUT2D eigenvalue weighted by Crippen LogP contribution is -2.38. The van der Waals surface area contributed by atoms with Crippen LogP contribution in [0.3, 0.4) is 0 Å². The number of fused-ring (bicyclic) bond motifs is 1. The van der Waals surface area contributed by atoms with Crippen molar-refractivity contribution in [1.82, 2.24) is 10.3 Å². The predicted octanol–water partition coefficient (Wildman–Crippen LogP) is 4.19. The second-order valence-electron chi connectivity index (χ2n) is 7.13. The molecule has 0 spiro atoms. The minimum atomic E-state index is 0.664. The molecule has 0 aliphatic carbocycles. The highest BCUT2D eigenvalue weighted by Crippen LogP contribution is 2.31. The number of methoxy groups -OCH3 is 1. The Bertz CT molecular complexity index is 857. The summed E-state index contributed by atoms with van der Waals surface area (Å²) in [6, 6.07) is 16.1. The van der Waals surface area contributed by atoms with Crippen LogP contribution < -0.4 is 19.7 Å². The van der Waals surface area contributed by atoms with E-state index in [0.717, 1.165) is 49.1 Å². The number of nitrogens with zero attached hydrogens (tertiary/aromatic N) is 2. The molecular weight excluding hydrogens is 370 g/mol. The highest BCUT2D eigenvalue weighted by Gasteiger charge is 2.21. The number of piperidine rings is 1. The molecule has 1 saturated heterocycles. The minimum absolute atomic E-state index is 0.664. The quantitative estimate of drug-likeness (QED) is 0.578. The Morgan fingerprint density at radius 3 is 2.75 bits per heavy atom. The smallest absolute Gasteiger partial charge is 0.186 e. The fourth-order valence-electron chi connectivity index (χ4n) is 3.56. The van der Waals surface area contributed by atoms with Gasteiger partial charge in [-0.15, -0.1) is 0 Å². The van der Waals surface area contributed by atoms with Gasteiger partial charge in [-0.2, -0.15) is 0 Å². The summed E-state index contributed by atoms with van der Waals surface area (Å²) in [6.45, 7) is 4.75. The Hall–Kier alpha value is -2.31. The Morgan fingerprint density at radius 1 is 1.11 bits per heavy atom. The number of benzene rings is 2. The molecule has 0 saturated carbocycles. The molecule has 4 rings (SSSR count). The minimum Gasteiger partial charge on any atom is -0.497 e. The third-order valence-electron chi connectivity index (χ3n) is 5.19. The zero-order chi connectivity index (χ0) is 19.2. The van der Waals surface area contributed by atoms with Crippen molar-refractivity contribution in [2.45, 2.75) is 12.8 Å². The van der Waals surface area contributed by atoms with Crippen LogP contribution in [0.2, 0.25) is 0 Å². The van der Waals surface area contributed by atoms with Gasteiger partial charge in [0.15, 0.2) is 5.13 Å². The molecule has 2 aromatic carbocycles. The molecule has 0 unspecified atom stereocenters. The van der Waals surface area contributed by atoms with Gasteiger partial charge in [0.2, 0.25) is 0 Å². The van der Waals surface area contributed by atoms with Crippen LogP contribution in [0.4, 0.5) is 5.13 Å². The lowest BCUT2D eigenvalue weighted by molar-refractivity contribution is 0.300. The molecule has 3 aromatic rings. The van der Waals surface area contributed by atoms with Gasteiger partial charge < -0.3 is 19.7 Å². The van der Waals surface area contributed by atoms with Gasteiger partial charge in [-0.25, -0.2) is 4.98 Å². The third kappa shape index (κ3) is 4.75. The average Bonchev–Trinajstić information content (AvgIpc) is 3.18. The monoisotopic (exact) mass is 397 g/mol. The number of nitrogens with one attached hydrogen (secondary N) is 1. The first-order valence-electron chi connectivity index (χ1n) is 9.90. The maximum atomic E-state index is 5.78. The predicted molar refractivity (Wildman–Crippen MR) is 116 cm³/mol. The number of anilines is 1. The second kappa shape index (κ2) is 9.26. The maximum absolute atomic E-state index is 5.78. The van der Waals surface area contributed by atoms with E-state index in [1.807, 2.05) is 24.3 Å². The fourth-order valence-corrected chi connectivity index (χ4v) is 4.58. The van der Waals surface area contributed by atoms with E-state index in [9.17, 15) is 0 Å². The van der Waals surface area contributed by atoms with Crippen molar-refractivity contribution in [2.75, 3.05) is 44.8 Å². The SMILES string of the molecule is COc1cccc(OCCNCC2CCN(c3nc4ccccc4s3)CC2)c1. The number of aromatic nitrogens is 1. The lowest BCUT2D eigenvalue weighted by atomic mass is 9.97. The van der Waals surface area contributed by atoms with Crippen molar-refractivity contribution in [1.29, 1.82) is 0 Å². The molecule has 0 radical (unpaired) electrons. The van der Waals surface area contributed by atoms with Gasteiger partial charge in [0.25, 0.3) is 0 Å². The van der Waals surface area contributed by atoms with Crippen LogP contribution in [0, 0.1) is 5.92 Å². The van der Waals surface area contributed by atoms with Gasteiger partial charge in [-0.3, -0.25) is 0 Å². The van der Waals surface area contributed by atoms with Gasteiger partial charge in [-0.05, 0) is 49.6 Å². The Balaban J connectivity index is 1.15. The Kier molecular flexibility index (Phi) is 6.29. The molecular formula is C22H27N3O2S. The summed E-state index contributed by atoms with van der Waals surface area (Å²) in [5, 5.41) is 4.71. The van der Waals surface area contributed by atoms with E-state index in [-0.39, 0.29) is 0 Å². The maximum Gasteiger partial charge on any atom is 0.186 e. The molecule has 1 aliphatic heterocycles. The summed E-state index contributed by atoms with van der Waals surface area (Å²) < 4.78 is 12.3. The van der Waals surface area contributed by atoms with E-state index in [0.29, 0.717) is 6.61 Å². The van der Waals surface area contributed by atoms with E-state index in [1.54, 1.807) is 18.4 Å². The zero-order valence-electron chi connectivity index (χ0n) is 16.3. The van der Waals surface area contributed by atoms with Crippen LogP contribution in [0.15, 0.2) is 48.5 Å². The van der Waals surface area contributed by atoms with Gasteiger partial charge in [0, 0.05) is 25.7 Å². The molecule has 148 valence electrons. The molecule has 2 heterocycles. The van der Waals surface area contributed by atoms with Crippen LogP contribution in [-0.4, -0.2) is 44.9 Å². The van der Waals surface area contributed by atoms with Crippen LogP contribution in [0.1, 0.15) is 12.8 Å². The van der Waals surface area contributed by atoms with Crippen molar-refractivity contribution in [3.05, 3.63) is 48.5 Å². The summed E-state index contributed by atoms with van der Waals surface area (Å²) in [4.78, 5) is 7.23. The number of ether oxygens (including phenoxy) is 2. The molecule has 1 aromatic heterocycles.